The van der Waals surface area contributed by atoms with E-state index in [9.17, 15) is 19.8 Å². The number of carbonyl (C=O) groups is 2. The fraction of sp³-hybridized carbons (Fsp3) is 0.636. The van der Waals surface area contributed by atoms with E-state index in [4.69, 9.17) is 5.11 Å². The average Bonchev–Trinajstić information content (AvgIpc) is 2.77. The van der Waals surface area contributed by atoms with Gasteiger partial charge in [0.2, 0.25) is 0 Å². The number of rotatable bonds is 5. The minimum atomic E-state index is -1.31. The van der Waals surface area contributed by atoms with Gasteiger partial charge in [0.1, 0.15) is 6.10 Å². The molecule has 1 rings (SSSR count). The van der Waals surface area contributed by atoms with Crippen molar-refractivity contribution in [2.24, 2.45) is 5.41 Å². The smallest absolute Gasteiger partial charge is 0.329 e. The van der Waals surface area contributed by atoms with E-state index in [0.717, 1.165) is 25.1 Å². The van der Waals surface area contributed by atoms with Crippen molar-refractivity contribution in [2.75, 3.05) is 6.61 Å². The van der Waals surface area contributed by atoms with Gasteiger partial charge in [-0.25, -0.2) is 4.79 Å². The molecule has 0 spiro atoms. The SMILES string of the molecule is O=C(O)/C=C\NC(=O)[C@@H](O)C1(CO)CCCC1. The Morgan fingerprint density at radius 1 is 1.35 bits per heavy atom. The van der Waals surface area contributed by atoms with Gasteiger partial charge >= 0.3 is 5.97 Å². The molecule has 0 bridgehead atoms. The first-order chi connectivity index (χ1) is 8.02. The summed E-state index contributed by atoms with van der Waals surface area (Å²) in [5, 5.41) is 29.7. The van der Waals surface area contributed by atoms with E-state index in [0.29, 0.717) is 12.8 Å². The Balaban J connectivity index is 2.59. The van der Waals surface area contributed by atoms with Crippen LogP contribution in [0.1, 0.15) is 25.7 Å². The summed E-state index contributed by atoms with van der Waals surface area (Å²) in [6.07, 6.45) is 3.36. The molecular formula is C11H17NO5. The Morgan fingerprint density at radius 3 is 2.41 bits per heavy atom. The van der Waals surface area contributed by atoms with Crippen LogP contribution in [-0.2, 0) is 9.59 Å². The van der Waals surface area contributed by atoms with Gasteiger partial charge in [0.15, 0.2) is 0 Å². The number of aliphatic carboxylic acids is 1. The maximum atomic E-state index is 11.6. The molecule has 6 heteroatoms. The highest BCUT2D eigenvalue weighted by molar-refractivity contribution is 5.84. The molecule has 0 aromatic carbocycles. The molecule has 0 aliphatic heterocycles. The van der Waals surface area contributed by atoms with E-state index < -0.39 is 23.4 Å². The van der Waals surface area contributed by atoms with E-state index in [2.05, 4.69) is 5.32 Å². The number of carboxylic acids is 1. The molecule has 17 heavy (non-hydrogen) atoms. The van der Waals surface area contributed by atoms with Crippen molar-refractivity contribution in [3.63, 3.8) is 0 Å². The second-order valence-electron chi connectivity index (χ2n) is 4.31. The average molecular weight is 243 g/mol. The van der Waals surface area contributed by atoms with Crippen molar-refractivity contribution in [2.45, 2.75) is 31.8 Å². The zero-order valence-electron chi connectivity index (χ0n) is 9.43. The molecule has 0 saturated heterocycles. The van der Waals surface area contributed by atoms with Crippen LogP contribution in [0.5, 0.6) is 0 Å². The highest BCUT2D eigenvalue weighted by Crippen LogP contribution is 2.40. The zero-order chi connectivity index (χ0) is 12.9. The molecule has 1 aliphatic carbocycles. The van der Waals surface area contributed by atoms with Gasteiger partial charge in [-0.3, -0.25) is 4.79 Å². The summed E-state index contributed by atoms with van der Waals surface area (Å²) in [6, 6.07) is 0. The van der Waals surface area contributed by atoms with Crippen LogP contribution in [0, 0.1) is 5.41 Å². The van der Waals surface area contributed by atoms with Crippen molar-refractivity contribution < 1.29 is 24.9 Å². The molecule has 1 aliphatic rings. The number of carboxylic acid groups (broad SMARTS) is 1. The number of hydrogen-bond donors (Lipinski definition) is 4. The van der Waals surface area contributed by atoms with E-state index in [1.807, 2.05) is 0 Å². The van der Waals surface area contributed by atoms with Crippen molar-refractivity contribution >= 4 is 11.9 Å². The summed E-state index contributed by atoms with van der Waals surface area (Å²) < 4.78 is 0. The van der Waals surface area contributed by atoms with Gasteiger partial charge < -0.3 is 20.6 Å². The lowest BCUT2D eigenvalue weighted by Crippen LogP contribution is -2.46. The van der Waals surface area contributed by atoms with Crippen LogP contribution in [-0.4, -0.2) is 39.9 Å². The van der Waals surface area contributed by atoms with Crippen LogP contribution in [0.25, 0.3) is 0 Å². The summed E-state index contributed by atoms with van der Waals surface area (Å²) in [7, 11) is 0. The lowest BCUT2D eigenvalue weighted by atomic mass is 9.80. The highest BCUT2D eigenvalue weighted by atomic mass is 16.4. The fourth-order valence-electron chi connectivity index (χ4n) is 2.15. The predicted molar refractivity (Wildman–Crippen MR) is 58.9 cm³/mol. The predicted octanol–water partition coefficient (Wildman–Crippen LogP) is -0.386. The van der Waals surface area contributed by atoms with Crippen molar-refractivity contribution in [1.82, 2.24) is 5.32 Å². The van der Waals surface area contributed by atoms with Crippen LogP contribution in [0.2, 0.25) is 0 Å². The minimum absolute atomic E-state index is 0.246. The first-order valence-electron chi connectivity index (χ1n) is 5.50. The van der Waals surface area contributed by atoms with Gasteiger partial charge in [-0.1, -0.05) is 12.8 Å². The second-order valence-corrected chi connectivity index (χ2v) is 4.31. The van der Waals surface area contributed by atoms with Crippen LogP contribution in [0.15, 0.2) is 12.3 Å². The molecular weight excluding hydrogens is 226 g/mol. The number of aliphatic hydroxyl groups is 2. The summed E-state index contributed by atoms with van der Waals surface area (Å²) in [5.74, 6) is -1.86. The van der Waals surface area contributed by atoms with E-state index in [1.165, 1.54) is 0 Å². The summed E-state index contributed by atoms with van der Waals surface area (Å²) >= 11 is 0. The van der Waals surface area contributed by atoms with Gasteiger partial charge in [-0.05, 0) is 12.8 Å². The van der Waals surface area contributed by atoms with Gasteiger partial charge in [0, 0.05) is 17.7 Å². The first-order valence-corrected chi connectivity index (χ1v) is 5.50. The van der Waals surface area contributed by atoms with Gasteiger partial charge in [0.05, 0.1) is 6.61 Å². The third-order valence-corrected chi connectivity index (χ3v) is 3.19. The van der Waals surface area contributed by atoms with Crippen molar-refractivity contribution in [1.29, 1.82) is 0 Å². The molecule has 96 valence electrons. The number of hydrogen-bond acceptors (Lipinski definition) is 4. The Morgan fingerprint density at radius 2 is 1.94 bits per heavy atom. The molecule has 0 aromatic rings. The monoisotopic (exact) mass is 243 g/mol. The lowest BCUT2D eigenvalue weighted by molar-refractivity contribution is -0.137. The van der Waals surface area contributed by atoms with Crippen LogP contribution in [0.4, 0.5) is 0 Å². The number of aliphatic hydroxyl groups excluding tert-OH is 2. The molecule has 0 aromatic heterocycles. The summed E-state index contributed by atoms with van der Waals surface area (Å²) in [6.45, 7) is -0.246. The van der Waals surface area contributed by atoms with Crippen LogP contribution < -0.4 is 5.32 Å². The minimum Gasteiger partial charge on any atom is -0.478 e. The lowest BCUT2D eigenvalue weighted by Gasteiger charge is -2.30. The topological polar surface area (TPSA) is 107 Å². The van der Waals surface area contributed by atoms with Crippen molar-refractivity contribution in [3.8, 4) is 0 Å². The fourth-order valence-corrected chi connectivity index (χ4v) is 2.15. The summed E-state index contributed by atoms with van der Waals surface area (Å²) in [4.78, 5) is 21.7. The Hall–Kier alpha value is -1.40. The normalized spacial score (nSPS) is 20.4. The number of amides is 1. The molecule has 1 atom stereocenters. The molecule has 1 amide bonds. The quantitative estimate of drug-likeness (QED) is 0.492. The Kier molecular flexibility index (Phi) is 4.65. The second kappa shape index (κ2) is 5.79. The highest BCUT2D eigenvalue weighted by Gasteiger charge is 2.43. The molecule has 0 radical (unpaired) electrons. The standard InChI is InChI=1S/C11H17NO5/c13-7-11(4-1-2-5-11)9(16)10(17)12-6-3-8(14)15/h3,6,9,13,16H,1-2,4-5,7H2,(H,12,17)(H,14,15)/b6-3-/t9-/m1/s1. The molecule has 6 nitrogen and oxygen atoms in total. The molecule has 1 saturated carbocycles. The van der Waals surface area contributed by atoms with Gasteiger partial charge in [-0.15, -0.1) is 0 Å². The van der Waals surface area contributed by atoms with E-state index in [1.54, 1.807) is 0 Å². The van der Waals surface area contributed by atoms with Crippen LogP contribution in [0.3, 0.4) is 0 Å². The third kappa shape index (κ3) is 3.28. The van der Waals surface area contributed by atoms with Gasteiger partial charge in [-0.2, -0.15) is 0 Å². The molecule has 0 heterocycles. The first kappa shape index (κ1) is 13.7. The molecule has 4 N–H and O–H groups in total. The molecule has 0 unspecified atom stereocenters. The molecule has 1 fully saturated rings. The zero-order valence-corrected chi connectivity index (χ0v) is 9.43. The Bertz CT molecular complexity index is 320. The summed E-state index contributed by atoms with van der Waals surface area (Å²) in [5.41, 5.74) is -0.777. The van der Waals surface area contributed by atoms with E-state index in [-0.39, 0.29) is 6.61 Å². The van der Waals surface area contributed by atoms with E-state index >= 15 is 0 Å². The largest absolute Gasteiger partial charge is 0.478 e. The number of nitrogens with one attached hydrogen (secondary N) is 1. The maximum Gasteiger partial charge on any atom is 0.329 e. The Labute approximate surface area is 98.9 Å². The van der Waals surface area contributed by atoms with Gasteiger partial charge in [0.25, 0.3) is 5.91 Å². The maximum absolute atomic E-state index is 11.6. The number of carbonyl (C=O) groups excluding carboxylic acids is 1. The van der Waals surface area contributed by atoms with Crippen LogP contribution >= 0.6 is 0 Å². The van der Waals surface area contributed by atoms with Crippen molar-refractivity contribution in [3.05, 3.63) is 12.3 Å². The third-order valence-electron chi connectivity index (χ3n) is 3.19.